The molecule has 0 saturated heterocycles. The number of nitrogens with one attached hydrogen (secondary N) is 1. The number of benzene rings is 1. The van der Waals surface area contributed by atoms with Gasteiger partial charge in [0.05, 0.1) is 11.7 Å². The van der Waals surface area contributed by atoms with Crippen LogP contribution in [0.25, 0.3) is 0 Å². The van der Waals surface area contributed by atoms with Crippen LogP contribution in [0.2, 0.25) is 0 Å². The number of nitrogen functional groups attached to an aromatic ring is 1. The molecule has 2 atom stereocenters. The van der Waals surface area contributed by atoms with Crippen molar-refractivity contribution in [2.45, 2.75) is 32.4 Å². The molecule has 1 amide bonds. The molecule has 4 nitrogen and oxygen atoms in total. The average molecular weight is 301 g/mol. The molecule has 0 aromatic heterocycles. The number of hydrogen-bond acceptors (Lipinski definition) is 3. The van der Waals surface area contributed by atoms with Gasteiger partial charge in [0.1, 0.15) is 0 Å². The lowest BCUT2D eigenvalue weighted by Gasteiger charge is -2.16. The molecule has 0 fully saturated rings. The number of halogens is 1. The summed E-state index contributed by atoms with van der Waals surface area (Å²) in [6, 6.07) is 5.05. The zero-order valence-corrected chi connectivity index (χ0v) is 11.5. The Morgan fingerprint density at radius 2 is 2.18 bits per heavy atom. The minimum Gasteiger partial charge on any atom is -0.398 e. The first-order valence-corrected chi connectivity index (χ1v) is 6.23. The summed E-state index contributed by atoms with van der Waals surface area (Å²) < 4.78 is 0.806. The van der Waals surface area contributed by atoms with Gasteiger partial charge in [0.2, 0.25) is 0 Å². The maximum Gasteiger partial charge on any atom is 0.253 e. The van der Waals surface area contributed by atoms with E-state index in [1.165, 1.54) is 0 Å². The lowest BCUT2D eigenvalue weighted by molar-refractivity contribution is 0.0924. The molecular formula is C12H17BrN2O2. The number of aliphatic hydroxyl groups is 1. The number of carbonyl (C=O) groups is 1. The summed E-state index contributed by atoms with van der Waals surface area (Å²) in [5.74, 6) is -0.225. The molecule has 0 aliphatic heterocycles. The molecule has 0 bridgehead atoms. The molecule has 0 saturated carbocycles. The lowest BCUT2D eigenvalue weighted by atomic mass is 10.1. The number of aliphatic hydroxyl groups excluding tert-OH is 1. The van der Waals surface area contributed by atoms with Crippen molar-refractivity contribution in [1.29, 1.82) is 0 Å². The molecule has 5 heteroatoms. The standard InChI is InChI=1S/C12H17BrN2O2/c1-7(5-8(2)16)15-12(17)10-6-9(13)3-4-11(10)14/h3-4,6-8,16H,5,14H2,1-2H3,(H,15,17). The second-order valence-corrected chi connectivity index (χ2v) is 5.11. The van der Waals surface area contributed by atoms with Gasteiger partial charge in [0, 0.05) is 16.2 Å². The van der Waals surface area contributed by atoms with E-state index in [9.17, 15) is 9.90 Å². The Kier molecular flexibility index (Phi) is 4.96. The van der Waals surface area contributed by atoms with Crippen LogP contribution in [0.1, 0.15) is 30.6 Å². The summed E-state index contributed by atoms with van der Waals surface area (Å²) >= 11 is 3.30. The van der Waals surface area contributed by atoms with Crippen LogP contribution >= 0.6 is 15.9 Å². The Hall–Kier alpha value is -1.07. The van der Waals surface area contributed by atoms with Crippen molar-refractivity contribution in [2.75, 3.05) is 5.73 Å². The highest BCUT2D eigenvalue weighted by molar-refractivity contribution is 9.10. The lowest BCUT2D eigenvalue weighted by Crippen LogP contribution is -2.35. The fourth-order valence-corrected chi connectivity index (χ4v) is 1.96. The first kappa shape index (κ1) is 14.0. The average Bonchev–Trinajstić information content (AvgIpc) is 2.20. The van der Waals surface area contributed by atoms with Gasteiger partial charge < -0.3 is 16.2 Å². The second kappa shape index (κ2) is 6.02. The number of nitrogens with two attached hydrogens (primary N) is 1. The van der Waals surface area contributed by atoms with Gasteiger partial charge >= 0.3 is 0 Å². The molecule has 0 aliphatic rings. The minimum absolute atomic E-state index is 0.0964. The smallest absolute Gasteiger partial charge is 0.253 e. The number of anilines is 1. The van der Waals surface area contributed by atoms with E-state index in [2.05, 4.69) is 21.2 Å². The number of carbonyl (C=O) groups excluding carboxylic acids is 1. The fraction of sp³-hybridized carbons (Fsp3) is 0.417. The summed E-state index contributed by atoms with van der Waals surface area (Å²) in [5, 5.41) is 12.0. The molecular weight excluding hydrogens is 284 g/mol. The second-order valence-electron chi connectivity index (χ2n) is 4.19. The Morgan fingerprint density at radius 1 is 1.53 bits per heavy atom. The molecule has 0 radical (unpaired) electrons. The Bertz CT molecular complexity index is 407. The largest absolute Gasteiger partial charge is 0.398 e. The van der Waals surface area contributed by atoms with Gasteiger partial charge in [-0.15, -0.1) is 0 Å². The summed E-state index contributed by atoms with van der Waals surface area (Å²) in [4.78, 5) is 11.9. The van der Waals surface area contributed by atoms with Crippen LogP contribution in [0.3, 0.4) is 0 Å². The predicted octanol–water partition coefficient (Wildman–Crippen LogP) is 1.92. The third kappa shape index (κ3) is 4.36. The Morgan fingerprint density at radius 3 is 2.76 bits per heavy atom. The third-order valence-corrected chi connectivity index (χ3v) is 2.83. The van der Waals surface area contributed by atoms with Crippen LogP contribution in [-0.4, -0.2) is 23.2 Å². The first-order valence-electron chi connectivity index (χ1n) is 5.44. The normalized spacial score (nSPS) is 14.1. The zero-order chi connectivity index (χ0) is 13.0. The quantitative estimate of drug-likeness (QED) is 0.744. The Balaban J connectivity index is 2.73. The molecule has 1 aromatic carbocycles. The topological polar surface area (TPSA) is 75.3 Å². The summed E-state index contributed by atoms with van der Waals surface area (Å²) in [7, 11) is 0. The molecule has 94 valence electrons. The van der Waals surface area contributed by atoms with E-state index in [1.807, 2.05) is 6.92 Å². The molecule has 0 heterocycles. The molecule has 4 N–H and O–H groups in total. The van der Waals surface area contributed by atoms with Gasteiger partial charge in [0.25, 0.3) is 5.91 Å². The van der Waals surface area contributed by atoms with Crippen LogP contribution in [0.4, 0.5) is 5.69 Å². The maximum atomic E-state index is 11.9. The zero-order valence-electron chi connectivity index (χ0n) is 9.90. The molecule has 17 heavy (non-hydrogen) atoms. The number of rotatable bonds is 4. The van der Waals surface area contributed by atoms with Crippen molar-refractivity contribution >= 4 is 27.5 Å². The maximum absolute atomic E-state index is 11.9. The first-order chi connectivity index (χ1) is 7.90. The molecule has 2 unspecified atom stereocenters. The molecule has 0 aliphatic carbocycles. The van der Waals surface area contributed by atoms with Crippen LogP contribution in [0.15, 0.2) is 22.7 Å². The molecule has 1 aromatic rings. The van der Waals surface area contributed by atoms with Crippen molar-refractivity contribution in [3.05, 3.63) is 28.2 Å². The minimum atomic E-state index is -0.440. The number of amides is 1. The van der Waals surface area contributed by atoms with E-state index in [0.29, 0.717) is 17.7 Å². The van der Waals surface area contributed by atoms with Gasteiger partial charge in [-0.2, -0.15) is 0 Å². The van der Waals surface area contributed by atoms with Gasteiger partial charge in [0.15, 0.2) is 0 Å². The predicted molar refractivity (Wildman–Crippen MR) is 71.8 cm³/mol. The summed E-state index contributed by atoms with van der Waals surface area (Å²) in [6.45, 7) is 3.54. The van der Waals surface area contributed by atoms with E-state index in [4.69, 9.17) is 5.73 Å². The van der Waals surface area contributed by atoms with Crippen LogP contribution in [0, 0.1) is 0 Å². The van der Waals surface area contributed by atoms with E-state index in [-0.39, 0.29) is 11.9 Å². The SMILES string of the molecule is CC(O)CC(C)NC(=O)c1cc(Br)ccc1N. The third-order valence-electron chi connectivity index (χ3n) is 2.33. The van der Waals surface area contributed by atoms with Crippen LogP contribution in [0.5, 0.6) is 0 Å². The summed E-state index contributed by atoms with van der Waals surface area (Å²) in [6.07, 6.45) is 0.0739. The fourth-order valence-electron chi connectivity index (χ4n) is 1.60. The van der Waals surface area contributed by atoms with Gasteiger partial charge in [-0.1, -0.05) is 15.9 Å². The van der Waals surface area contributed by atoms with Gasteiger partial charge in [-0.05, 0) is 38.5 Å². The van der Waals surface area contributed by atoms with Crippen molar-refractivity contribution in [2.24, 2.45) is 0 Å². The highest BCUT2D eigenvalue weighted by Gasteiger charge is 2.14. The van der Waals surface area contributed by atoms with Crippen molar-refractivity contribution < 1.29 is 9.90 Å². The number of hydrogen-bond donors (Lipinski definition) is 3. The van der Waals surface area contributed by atoms with Crippen molar-refractivity contribution in [3.8, 4) is 0 Å². The molecule has 0 spiro atoms. The van der Waals surface area contributed by atoms with Crippen LogP contribution < -0.4 is 11.1 Å². The van der Waals surface area contributed by atoms with Crippen molar-refractivity contribution in [1.82, 2.24) is 5.32 Å². The van der Waals surface area contributed by atoms with Crippen LogP contribution in [-0.2, 0) is 0 Å². The molecule has 1 rings (SSSR count). The van der Waals surface area contributed by atoms with E-state index in [1.54, 1.807) is 25.1 Å². The highest BCUT2D eigenvalue weighted by Crippen LogP contribution is 2.18. The van der Waals surface area contributed by atoms with E-state index < -0.39 is 6.10 Å². The van der Waals surface area contributed by atoms with Crippen molar-refractivity contribution in [3.63, 3.8) is 0 Å². The van der Waals surface area contributed by atoms with E-state index in [0.717, 1.165) is 4.47 Å². The van der Waals surface area contributed by atoms with Gasteiger partial charge in [-0.25, -0.2) is 0 Å². The Labute approximate surface area is 109 Å². The van der Waals surface area contributed by atoms with Gasteiger partial charge in [-0.3, -0.25) is 4.79 Å². The summed E-state index contributed by atoms with van der Waals surface area (Å²) in [5.41, 5.74) is 6.62. The highest BCUT2D eigenvalue weighted by atomic mass is 79.9. The van der Waals surface area contributed by atoms with E-state index >= 15 is 0 Å². The monoisotopic (exact) mass is 300 g/mol.